The molecule has 1 aromatic carbocycles. The third-order valence-electron chi connectivity index (χ3n) is 3.19. The van der Waals surface area contributed by atoms with Gasteiger partial charge in [0, 0.05) is 31.7 Å². The first-order chi connectivity index (χ1) is 7.65. The van der Waals surface area contributed by atoms with E-state index in [9.17, 15) is 4.39 Å². The van der Waals surface area contributed by atoms with Crippen molar-refractivity contribution >= 4 is 24.8 Å². The zero-order valence-electron chi connectivity index (χ0n) is 10.7. The van der Waals surface area contributed by atoms with Crippen LogP contribution < -0.4 is 5.32 Å². The average molecular weight is 295 g/mol. The lowest BCUT2D eigenvalue weighted by molar-refractivity contribution is 0.139. The van der Waals surface area contributed by atoms with Gasteiger partial charge in [0.1, 0.15) is 5.82 Å². The Hall–Kier alpha value is -0.350. The van der Waals surface area contributed by atoms with Gasteiger partial charge >= 0.3 is 0 Å². The summed E-state index contributed by atoms with van der Waals surface area (Å²) in [7, 11) is 0. The van der Waals surface area contributed by atoms with Crippen LogP contribution in [0.5, 0.6) is 0 Å². The molecule has 0 bridgehead atoms. The lowest BCUT2D eigenvalue weighted by Gasteiger charge is -2.37. The Morgan fingerprint density at radius 1 is 1.22 bits per heavy atom. The van der Waals surface area contributed by atoms with E-state index >= 15 is 0 Å². The highest BCUT2D eigenvalue weighted by Gasteiger charge is 2.21. The van der Waals surface area contributed by atoms with Crippen LogP contribution in [-0.2, 0) is 6.54 Å². The van der Waals surface area contributed by atoms with Crippen molar-refractivity contribution in [2.24, 2.45) is 0 Å². The molecule has 0 amide bonds. The maximum absolute atomic E-state index is 12.8. The zero-order valence-corrected chi connectivity index (χ0v) is 12.4. The van der Waals surface area contributed by atoms with Crippen molar-refractivity contribution in [1.29, 1.82) is 0 Å². The standard InChI is InChI=1S/C13H19FN2.2ClH/c1-10-8-16(11(2)7-15-10)9-12-3-5-13(14)6-4-12;;/h3-6,10-11,15H,7-9H2,1-2H3;2*1H/t10-,11+;;/m1../s1. The van der Waals surface area contributed by atoms with Gasteiger partial charge in [-0.2, -0.15) is 0 Å². The molecule has 1 saturated heterocycles. The monoisotopic (exact) mass is 294 g/mol. The second kappa shape index (κ2) is 7.95. The van der Waals surface area contributed by atoms with Crippen molar-refractivity contribution in [3.05, 3.63) is 35.6 Å². The maximum Gasteiger partial charge on any atom is 0.123 e. The molecule has 1 heterocycles. The normalized spacial score (nSPS) is 23.9. The number of benzene rings is 1. The van der Waals surface area contributed by atoms with Crippen LogP contribution in [0.2, 0.25) is 0 Å². The molecule has 2 rings (SSSR count). The van der Waals surface area contributed by atoms with Crippen molar-refractivity contribution in [1.82, 2.24) is 10.2 Å². The first-order valence-corrected chi connectivity index (χ1v) is 5.87. The summed E-state index contributed by atoms with van der Waals surface area (Å²) in [6, 6.07) is 7.89. The number of hydrogen-bond acceptors (Lipinski definition) is 2. The first-order valence-electron chi connectivity index (χ1n) is 5.87. The van der Waals surface area contributed by atoms with E-state index in [1.165, 1.54) is 17.7 Å². The Kier molecular flexibility index (Phi) is 7.79. The van der Waals surface area contributed by atoms with Gasteiger partial charge in [0.25, 0.3) is 0 Å². The van der Waals surface area contributed by atoms with E-state index in [4.69, 9.17) is 0 Å². The predicted octanol–water partition coefficient (Wildman–Crippen LogP) is 2.85. The van der Waals surface area contributed by atoms with Crippen LogP contribution in [0.15, 0.2) is 24.3 Å². The molecule has 1 aromatic rings. The maximum atomic E-state index is 12.8. The summed E-state index contributed by atoms with van der Waals surface area (Å²) in [5.41, 5.74) is 1.18. The smallest absolute Gasteiger partial charge is 0.123 e. The summed E-state index contributed by atoms with van der Waals surface area (Å²) >= 11 is 0. The van der Waals surface area contributed by atoms with E-state index in [0.29, 0.717) is 12.1 Å². The fourth-order valence-corrected chi connectivity index (χ4v) is 2.14. The van der Waals surface area contributed by atoms with Gasteiger partial charge < -0.3 is 5.32 Å². The van der Waals surface area contributed by atoms with E-state index < -0.39 is 0 Å². The molecule has 0 radical (unpaired) electrons. The van der Waals surface area contributed by atoms with Crippen molar-refractivity contribution < 1.29 is 4.39 Å². The van der Waals surface area contributed by atoms with Gasteiger partial charge in [-0.3, -0.25) is 4.90 Å². The molecule has 5 heteroatoms. The van der Waals surface area contributed by atoms with Crippen molar-refractivity contribution in [3.8, 4) is 0 Å². The van der Waals surface area contributed by atoms with E-state index in [1.54, 1.807) is 0 Å². The van der Waals surface area contributed by atoms with Crippen molar-refractivity contribution in [3.63, 3.8) is 0 Å². The number of piperazine rings is 1. The number of halogens is 3. The zero-order chi connectivity index (χ0) is 11.5. The third kappa shape index (κ3) is 4.73. The molecule has 104 valence electrons. The van der Waals surface area contributed by atoms with Crippen LogP contribution >= 0.6 is 24.8 Å². The second-order valence-corrected chi connectivity index (χ2v) is 4.71. The van der Waals surface area contributed by atoms with Crippen LogP contribution in [-0.4, -0.2) is 30.1 Å². The van der Waals surface area contributed by atoms with Gasteiger partial charge in [-0.05, 0) is 31.5 Å². The molecule has 1 aliphatic heterocycles. The minimum Gasteiger partial charge on any atom is -0.311 e. The molecule has 0 spiro atoms. The Balaban J connectivity index is 0.00000144. The summed E-state index contributed by atoms with van der Waals surface area (Å²) in [4.78, 5) is 2.44. The largest absolute Gasteiger partial charge is 0.311 e. The Bertz CT molecular complexity index is 345. The minimum atomic E-state index is -0.162. The number of hydrogen-bond donors (Lipinski definition) is 1. The number of rotatable bonds is 2. The molecular formula is C13H21Cl2FN2. The van der Waals surface area contributed by atoms with Crippen LogP contribution in [0, 0.1) is 5.82 Å². The highest BCUT2D eigenvalue weighted by molar-refractivity contribution is 5.85. The van der Waals surface area contributed by atoms with Crippen molar-refractivity contribution in [2.45, 2.75) is 32.5 Å². The summed E-state index contributed by atoms with van der Waals surface area (Å²) in [6.45, 7) is 7.42. The highest BCUT2D eigenvalue weighted by atomic mass is 35.5. The molecule has 1 aliphatic rings. The molecule has 18 heavy (non-hydrogen) atoms. The van der Waals surface area contributed by atoms with E-state index in [0.717, 1.165) is 19.6 Å². The van der Waals surface area contributed by atoms with E-state index in [1.807, 2.05) is 12.1 Å². The molecule has 0 aromatic heterocycles. The summed E-state index contributed by atoms with van der Waals surface area (Å²) in [6.07, 6.45) is 0. The molecule has 1 N–H and O–H groups in total. The summed E-state index contributed by atoms with van der Waals surface area (Å²) in [5, 5.41) is 3.45. The molecule has 2 atom stereocenters. The number of nitrogens with zero attached hydrogens (tertiary/aromatic N) is 1. The fraction of sp³-hybridized carbons (Fsp3) is 0.538. The van der Waals surface area contributed by atoms with E-state index in [-0.39, 0.29) is 30.6 Å². The Labute approximate surface area is 121 Å². The molecule has 1 fully saturated rings. The molecule has 0 unspecified atom stereocenters. The molecule has 2 nitrogen and oxygen atoms in total. The van der Waals surface area contributed by atoms with Crippen molar-refractivity contribution in [2.75, 3.05) is 13.1 Å². The van der Waals surface area contributed by atoms with Crippen LogP contribution in [0.25, 0.3) is 0 Å². The SMILES string of the molecule is C[C@@H]1CN(Cc2ccc(F)cc2)[C@@H](C)CN1.Cl.Cl. The third-order valence-corrected chi connectivity index (χ3v) is 3.19. The van der Waals surface area contributed by atoms with E-state index in [2.05, 4.69) is 24.1 Å². The Morgan fingerprint density at radius 3 is 2.44 bits per heavy atom. The topological polar surface area (TPSA) is 15.3 Å². The van der Waals surface area contributed by atoms with Gasteiger partial charge in [-0.15, -0.1) is 24.8 Å². The molecular weight excluding hydrogens is 274 g/mol. The predicted molar refractivity (Wildman–Crippen MR) is 78.2 cm³/mol. The lowest BCUT2D eigenvalue weighted by atomic mass is 10.1. The first kappa shape index (κ1) is 17.6. The molecule has 0 aliphatic carbocycles. The second-order valence-electron chi connectivity index (χ2n) is 4.71. The molecule has 0 saturated carbocycles. The highest BCUT2D eigenvalue weighted by Crippen LogP contribution is 2.12. The minimum absolute atomic E-state index is 0. The lowest BCUT2D eigenvalue weighted by Crippen LogP contribution is -2.53. The van der Waals surface area contributed by atoms with Gasteiger partial charge in [0.05, 0.1) is 0 Å². The van der Waals surface area contributed by atoms with Crippen LogP contribution in [0.4, 0.5) is 4.39 Å². The summed E-state index contributed by atoms with van der Waals surface area (Å²) in [5.74, 6) is -0.162. The van der Waals surface area contributed by atoms with Gasteiger partial charge in [0.2, 0.25) is 0 Å². The average Bonchev–Trinajstić information content (AvgIpc) is 2.27. The summed E-state index contributed by atoms with van der Waals surface area (Å²) < 4.78 is 12.8. The Morgan fingerprint density at radius 2 is 1.83 bits per heavy atom. The van der Waals surface area contributed by atoms with Gasteiger partial charge in [-0.1, -0.05) is 12.1 Å². The van der Waals surface area contributed by atoms with Gasteiger partial charge in [0.15, 0.2) is 0 Å². The quantitative estimate of drug-likeness (QED) is 0.902. The van der Waals surface area contributed by atoms with Crippen LogP contribution in [0.3, 0.4) is 0 Å². The van der Waals surface area contributed by atoms with Gasteiger partial charge in [-0.25, -0.2) is 4.39 Å². The number of nitrogens with one attached hydrogen (secondary N) is 1. The fourth-order valence-electron chi connectivity index (χ4n) is 2.14. The van der Waals surface area contributed by atoms with Crippen LogP contribution in [0.1, 0.15) is 19.4 Å².